The van der Waals surface area contributed by atoms with Crippen molar-refractivity contribution in [2.75, 3.05) is 26.3 Å². The van der Waals surface area contributed by atoms with Gasteiger partial charge in [-0.15, -0.1) is 0 Å². The second kappa shape index (κ2) is 8.16. The number of hydrogen-bond acceptors (Lipinski definition) is 5. The van der Waals surface area contributed by atoms with Gasteiger partial charge >= 0.3 is 6.09 Å². The van der Waals surface area contributed by atoms with Crippen molar-refractivity contribution in [1.29, 1.82) is 0 Å². The second-order valence-electron chi connectivity index (χ2n) is 9.17. The molecule has 0 bridgehead atoms. The Morgan fingerprint density at radius 3 is 1.96 bits per heavy atom. The maximum Gasteiger partial charge on any atom is 0.410 e. The molecular formula is C17H37NO5Si. The topological polar surface area (TPSA) is 79.2 Å². The van der Waals surface area contributed by atoms with Crippen LogP contribution >= 0.6 is 0 Å². The van der Waals surface area contributed by atoms with Crippen molar-refractivity contribution < 1.29 is 24.2 Å². The van der Waals surface area contributed by atoms with Gasteiger partial charge in [-0.2, -0.15) is 0 Å². The molecule has 0 heterocycles. The number of hydrogen-bond donors (Lipinski definition) is 2. The average molecular weight is 364 g/mol. The normalized spacial score (nSPS) is 15.8. The van der Waals surface area contributed by atoms with Crippen molar-refractivity contribution in [2.45, 2.75) is 77.8 Å². The summed E-state index contributed by atoms with van der Waals surface area (Å²) in [6, 6.07) is 0. The first-order chi connectivity index (χ1) is 10.5. The quantitative estimate of drug-likeness (QED) is 0.680. The molecular weight excluding hydrogens is 326 g/mol. The van der Waals surface area contributed by atoms with E-state index in [-0.39, 0.29) is 31.3 Å². The number of aliphatic hydroxyl groups is 2. The van der Waals surface area contributed by atoms with E-state index < -0.39 is 25.6 Å². The number of rotatable bonds is 7. The van der Waals surface area contributed by atoms with Crippen molar-refractivity contribution in [1.82, 2.24) is 4.90 Å². The molecule has 1 amide bonds. The minimum absolute atomic E-state index is 0.0388. The average Bonchev–Trinajstić information content (AvgIpc) is 2.32. The lowest BCUT2D eigenvalue weighted by atomic mass is 10.1. The number of carbonyl (C=O) groups excluding carboxylic acids is 1. The SMILES string of the molecule is CC(C)(C)OC(=O)N(CCO)C[C@](C)(O)CO[Si](C)(C)C(C)(C)C. The number of ether oxygens (including phenoxy) is 1. The standard InChI is InChI=1S/C17H37NO5Si/c1-15(2,3)23-14(20)18(10-11-19)12-17(7,21)13-22-24(8,9)16(4,5)6/h19,21H,10-13H2,1-9H3/t17-/m0/s1. The van der Waals surface area contributed by atoms with Crippen LogP contribution in [0.4, 0.5) is 4.79 Å². The molecule has 0 spiro atoms. The highest BCUT2D eigenvalue weighted by Crippen LogP contribution is 2.37. The van der Waals surface area contributed by atoms with E-state index in [1.165, 1.54) is 4.90 Å². The maximum absolute atomic E-state index is 12.2. The fourth-order valence-electron chi connectivity index (χ4n) is 1.69. The van der Waals surface area contributed by atoms with Crippen molar-refractivity contribution in [3.63, 3.8) is 0 Å². The molecule has 0 aliphatic heterocycles. The Balaban J connectivity index is 4.91. The van der Waals surface area contributed by atoms with Gasteiger partial charge in [0.1, 0.15) is 11.2 Å². The van der Waals surface area contributed by atoms with Crippen LogP contribution in [-0.2, 0) is 9.16 Å². The van der Waals surface area contributed by atoms with E-state index in [4.69, 9.17) is 9.16 Å². The summed E-state index contributed by atoms with van der Waals surface area (Å²) in [6.45, 7) is 17.7. The van der Waals surface area contributed by atoms with E-state index >= 15 is 0 Å². The van der Waals surface area contributed by atoms with Gasteiger partial charge in [0.25, 0.3) is 0 Å². The van der Waals surface area contributed by atoms with E-state index in [1.807, 2.05) is 0 Å². The smallest absolute Gasteiger partial charge is 0.410 e. The minimum atomic E-state index is -1.99. The van der Waals surface area contributed by atoms with Crippen molar-refractivity contribution in [2.24, 2.45) is 0 Å². The molecule has 7 heteroatoms. The predicted molar refractivity (Wildman–Crippen MR) is 98.7 cm³/mol. The molecule has 0 saturated carbocycles. The molecule has 1 atom stereocenters. The highest BCUT2D eigenvalue weighted by Gasteiger charge is 2.39. The van der Waals surface area contributed by atoms with Crippen LogP contribution in [-0.4, -0.2) is 67.0 Å². The predicted octanol–water partition coefficient (Wildman–Crippen LogP) is 2.99. The van der Waals surface area contributed by atoms with Gasteiger partial charge in [0.2, 0.25) is 0 Å². The lowest BCUT2D eigenvalue weighted by Crippen LogP contribution is -2.51. The monoisotopic (exact) mass is 363 g/mol. The number of carbonyl (C=O) groups is 1. The molecule has 0 aromatic heterocycles. The van der Waals surface area contributed by atoms with Crippen LogP contribution < -0.4 is 0 Å². The van der Waals surface area contributed by atoms with Crippen LogP contribution in [0, 0.1) is 0 Å². The molecule has 0 rings (SSSR count). The van der Waals surface area contributed by atoms with Crippen LogP contribution in [0.25, 0.3) is 0 Å². The number of amides is 1. The summed E-state index contributed by atoms with van der Waals surface area (Å²) in [5, 5.41) is 19.9. The third kappa shape index (κ3) is 8.46. The van der Waals surface area contributed by atoms with Gasteiger partial charge in [-0.3, -0.25) is 0 Å². The van der Waals surface area contributed by atoms with Crippen LogP contribution in [0.3, 0.4) is 0 Å². The molecule has 2 N–H and O–H groups in total. The van der Waals surface area contributed by atoms with Gasteiger partial charge in [-0.1, -0.05) is 20.8 Å². The largest absolute Gasteiger partial charge is 0.444 e. The molecule has 0 radical (unpaired) electrons. The van der Waals surface area contributed by atoms with Crippen molar-refractivity contribution in [3.8, 4) is 0 Å². The van der Waals surface area contributed by atoms with E-state index in [0.717, 1.165) is 0 Å². The lowest BCUT2D eigenvalue weighted by Gasteiger charge is -2.39. The van der Waals surface area contributed by atoms with Crippen LogP contribution in [0.5, 0.6) is 0 Å². The Kier molecular flexibility index (Phi) is 7.95. The molecule has 6 nitrogen and oxygen atoms in total. The molecule has 0 saturated heterocycles. The fourth-order valence-corrected chi connectivity index (χ4v) is 2.80. The third-order valence-corrected chi connectivity index (χ3v) is 8.58. The van der Waals surface area contributed by atoms with Gasteiger partial charge in [-0.05, 0) is 45.8 Å². The summed E-state index contributed by atoms with van der Waals surface area (Å²) in [6.07, 6.45) is -0.552. The summed E-state index contributed by atoms with van der Waals surface area (Å²) in [5.41, 5.74) is -1.85. The molecule has 0 fully saturated rings. The summed E-state index contributed by atoms with van der Waals surface area (Å²) in [4.78, 5) is 13.6. The van der Waals surface area contributed by atoms with E-state index in [0.29, 0.717) is 0 Å². The zero-order valence-corrected chi connectivity index (χ0v) is 17.9. The highest BCUT2D eigenvalue weighted by atomic mass is 28.4. The van der Waals surface area contributed by atoms with Gasteiger partial charge in [0, 0.05) is 6.54 Å². The van der Waals surface area contributed by atoms with E-state index in [1.54, 1.807) is 27.7 Å². The van der Waals surface area contributed by atoms with Crippen molar-refractivity contribution in [3.05, 3.63) is 0 Å². The summed E-state index contributed by atoms with van der Waals surface area (Å²) < 4.78 is 11.4. The molecule has 24 heavy (non-hydrogen) atoms. The summed E-state index contributed by atoms with van der Waals surface area (Å²) in [5.74, 6) is 0. The fraction of sp³-hybridized carbons (Fsp3) is 0.941. The first kappa shape index (κ1) is 23.4. The third-order valence-electron chi connectivity index (χ3n) is 4.10. The Labute approximate surface area is 148 Å². The van der Waals surface area contributed by atoms with Crippen LogP contribution in [0.2, 0.25) is 18.1 Å². The van der Waals surface area contributed by atoms with Crippen LogP contribution in [0.1, 0.15) is 48.5 Å². The highest BCUT2D eigenvalue weighted by molar-refractivity contribution is 6.74. The lowest BCUT2D eigenvalue weighted by molar-refractivity contribution is -0.0350. The molecule has 0 aliphatic carbocycles. The number of nitrogens with zero attached hydrogens (tertiary/aromatic N) is 1. The Morgan fingerprint density at radius 1 is 1.08 bits per heavy atom. The molecule has 0 aromatic carbocycles. The van der Waals surface area contributed by atoms with Gasteiger partial charge in [0.05, 0.1) is 19.8 Å². The first-order valence-corrected chi connectivity index (χ1v) is 11.4. The van der Waals surface area contributed by atoms with Gasteiger partial charge in [0.15, 0.2) is 8.32 Å². The first-order valence-electron chi connectivity index (χ1n) is 8.46. The maximum atomic E-state index is 12.2. The molecule has 0 aliphatic rings. The minimum Gasteiger partial charge on any atom is -0.444 e. The molecule has 144 valence electrons. The summed E-state index contributed by atoms with van der Waals surface area (Å²) in [7, 11) is -1.99. The molecule has 0 aromatic rings. The number of aliphatic hydroxyl groups excluding tert-OH is 1. The second-order valence-corrected chi connectivity index (χ2v) is 14.0. The van der Waals surface area contributed by atoms with E-state index in [2.05, 4.69) is 33.9 Å². The van der Waals surface area contributed by atoms with Crippen molar-refractivity contribution >= 4 is 14.4 Å². The van der Waals surface area contributed by atoms with Crippen LogP contribution in [0.15, 0.2) is 0 Å². The Bertz CT molecular complexity index is 410. The zero-order chi connectivity index (χ0) is 19.4. The Morgan fingerprint density at radius 2 is 1.58 bits per heavy atom. The molecule has 0 unspecified atom stereocenters. The summed E-state index contributed by atoms with van der Waals surface area (Å²) >= 11 is 0. The van der Waals surface area contributed by atoms with Gasteiger partial charge < -0.3 is 24.3 Å². The zero-order valence-electron chi connectivity index (χ0n) is 16.9. The van der Waals surface area contributed by atoms with Gasteiger partial charge in [-0.25, -0.2) is 4.79 Å². The Hall–Kier alpha value is -0.633. The van der Waals surface area contributed by atoms with E-state index in [9.17, 15) is 15.0 Å².